The van der Waals surface area contributed by atoms with Crippen LogP contribution >= 0.6 is 11.8 Å². The molecule has 0 unspecified atom stereocenters. The second-order valence-electron chi connectivity index (χ2n) is 3.86. The zero-order valence-corrected chi connectivity index (χ0v) is 11.3. The number of rotatable bonds is 5. The zero-order chi connectivity index (χ0) is 13.5. The number of carbonyl (C=O) groups is 1. The maximum atomic E-state index is 13.6. The van der Waals surface area contributed by atoms with E-state index in [1.54, 1.807) is 25.1 Å². The molecule has 1 amide bonds. The smallest absolute Gasteiger partial charge is 0.233 e. The first kappa shape index (κ1) is 14.6. The Morgan fingerprint density at radius 2 is 2.17 bits per heavy atom. The summed E-state index contributed by atoms with van der Waals surface area (Å²) in [5.41, 5.74) is 0.610. The summed E-state index contributed by atoms with van der Waals surface area (Å²) in [6, 6.07) is 6.60. The molecule has 0 spiro atoms. The van der Waals surface area contributed by atoms with Crippen LogP contribution in [-0.4, -0.2) is 17.7 Å². The van der Waals surface area contributed by atoms with Gasteiger partial charge in [0.25, 0.3) is 0 Å². The molecule has 0 aliphatic rings. The van der Waals surface area contributed by atoms with Gasteiger partial charge in [-0.2, -0.15) is 0 Å². The van der Waals surface area contributed by atoms with Gasteiger partial charge in [0, 0.05) is 10.8 Å². The van der Waals surface area contributed by atoms with Crippen LogP contribution < -0.4 is 5.32 Å². The molecule has 2 atom stereocenters. The topological polar surface area (TPSA) is 29.1 Å². The SMILES string of the molecule is C#CCNC(=O)[C@H](C)S[C@H](C)c1ccccc1F. The van der Waals surface area contributed by atoms with Crippen molar-refractivity contribution >= 4 is 17.7 Å². The molecule has 0 aliphatic heterocycles. The van der Waals surface area contributed by atoms with Crippen LogP contribution in [0.2, 0.25) is 0 Å². The number of carbonyl (C=O) groups excluding carboxylic acids is 1. The minimum atomic E-state index is -0.270. The van der Waals surface area contributed by atoms with Crippen LogP contribution in [0.15, 0.2) is 24.3 Å². The average Bonchev–Trinajstić information content (AvgIpc) is 2.36. The first-order chi connectivity index (χ1) is 8.56. The molecule has 0 aromatic heterocycles. The molecular formula is C14H16FNOS. The van der Waals surface area contributed by atoms with Crippen LogP contribution in [0, 0.1) is 18.2 Å². The van der Waals surface area contributed by atoms with Crippen molar-refractivity contribution in [3.8, 4) is 12.3 Å². The normalized spacial score (nSPS) is 13.4. The highest BCUT2D eigenvalue weighted by atomic mass is 32.2. The van der Waals surface area contributed by atoms with Crippen LogP contribution in [0.1, 0.15) is 24.7 Å². The fraction of sp³-hybridized carbons (Fsp3) is 0.357. The molecule has 18 heavy (non-hydrogen) atoms. The largest absolute Gasteiger partial charge is 0.344 e. The van der Waals surface area contributed by atoms with Crippen molar-refractivity contribution in [2.45, 2.75) is 24.3 Å². The van der Waals surface area contributed by atoms with Crippen molar-refractivity contribution < 1.29 is 9.18 Å². The summed E-state index contributed by atoms with van der Waals surface area (Å²) in [7, 11) is 0. The van der Waals surface area contributed by atoms with E-state index in [-0.39, 0.29) is 28.8 Å². The lowest BCUT2D eigenvalue weighted by molar-refractivity contribution is -0.120. The van der Waals surface area contributed by atoms with Crippen molar-refractivity contribution in [2.24, 2.45) is 0 Å². The van der Waals surface area contributed by atoms with E-state index in [0.717, 1.165) is 0 Å². The Bertz CT molecular complexity index is 455. The summed E-state index contributed by atoms with van der Waals surface area (Å²) in [6.07, 6.45) is 5.07. The third-order valence-electron chi connectivity index (χ3n) is 2.49. The van der Waals surface area contributed by atoms with E-state index in [0.29, 0.717) is 5.56 Å². The van der Waals surface area contributed by atoms with Crippen LogP contribution in [0.4, 0.5) is 4.39 Å². The Kier molecular flexibility index (Phi) is 5.73. The maximum absolute atomic E-state index is 13.6. The molecular weight excluding hydrogens is 249 g/mol. The first-order valence-electron chi connectivity index (χ1n) is 5.67. The number of thioether (sulfide) groups is 1. The second kappa shape index (κ2) is 7.07. The minimum absolute atomic E-state index is 0.0854. The van der Waals surface area contributed by atoms with Crippen molar-refractivity contribution in [3.63, 3.8) is 0 Å². The van der Waals surface area contributed by atoms with Gasteiger partial charge in [0.15, 0.2) is 0 Å². The number of nitrogens with one attached hydrogen (secondary N) is 1. The van der Waals surface area contributed by atoms with Gasteiger partial charge in [-0.05, 0) is 19.9 Å². The standard InChI is InChI=1S/C14H16FNOS/c1-4-9-16-14(17)11(3)18-10(2)12-7-5-6-8-13(12)15/h1,5-8,10-11H,9H2,2-3H3,(H,16,17)/t10-,11+/m1/s1. The Morgan fingerprint density at radius 3 is 2.78 bits per heavy atom. The van der Waals surface area contributed by atoms with E-state index < -0.39 is 0 Å². The van der Waals surface area contributed by atoms with Gasteiger partial charge in [0.05, 0.1) is 11.8 Å². The predicted molar refractivity (Wildman–Crippen MR) is 73.7 cm³/mol. The molecule has 0 aliphatic carbocycles. The molecule has 2 nitrogen and oxygen atoms in total. The van der Waals surface area contributed by atoms with Crippen molar-refractivity contribution in [3.05, 3.63) is 35.6 Å². The molecule has 0 fully saturated rings. The van der Waals surface area contributed by atoms with Gasteiger partial charge < -0.3 is 5.32 Å². The Morgan fingerprint density at radius 1 is 1.50 bits per heavy atom. The van der Waals surface area contributed by atoms with Gasteiger partial charge in [-0.25, -0.2) is 4.39 Å². The van der Waals surface area contributed by atoms with E-state index in [1.165, 1.54) is 17.8 Å². The lowest BCUT2D eigenvalue weighted by Gasteiger charge is -2.17. The Hall–Kier alpha value is -1.47. The van der Waals surface area contributed by atoms with Gasteiger partial charge in [-0.3, -0.25) is 4.79 Å². The summed E-state index contributed by atoms with van der Waals surface area (Å²) < 4.78 is 13.6. The van der Waals surface area contributed by atoms with Crippen LogP contribution in [0.5, 0.6) is 0 Å². The first-order valence-corrected chi connectivity index (χ1v) is 6.61. The summed E-state index contributed by atoms with van der Waals surface area (Å²) in [5, 5.41) is 2.26. The molecule has 0 saturated heterocycles. The number of terminal acetylenes is 1. The van der Waals surface area contributed by atoms with E-state index in [9.17, 15) is 9.18 Å². The molecule has 1 rings (SSSR count). The number of halogens is 1. The number of amides is 1. The molecule has 1 aromatic rings. The van der Waals surface area contributed by atoms with E-state index in [2.05, 4.69) is 11.2 Å². The minimum Gasteiger partial charge on any atom is -0.344 e. The maximum Gasteiger partial charge on any atom is 0.233 e. The fourth-order valence-electron chi connectivity index (χ4n) is 1.53. The number of hydrogen-bond donors (Lipinski definition) is 1. The highest BCUT2D eigenvalue weighted by Gasteiger charge is 2.19. The molecule has 0 heterocycles. The average molecular weight is 265 g/mol. The Balaban J connectivity index is 2.60. The number of hydrogen-bond acceptors (Lipinski definition) is 2. The lowest BCUT2D eigenvalue weighted by Crippen LogP contribution is -2.31. The molecule has 0 bridgehead atoms. The second-order valence-corrected chi connectivity index (χ2v) is 5.55. The highest BCUT2D eigenvalue weighted by molar-refractivity contribution is 8.00. The zero-order valence-electron chi connectivity index (χ0n) is 10.4. The fourth-order valence-corrected chi connectivity index (χ4v) is 2.69. The van der Waals surface area contributed by atoms with E-state index >= 15 is 0 Å². The third kappa shape index (κ3) is 4.08. The highest BCUT2D eigenvalue weighted by Crippen LogP contribution is 2.32. The molecule has 4 heteroatoms. The van der Waals surface area contributed by atoms with Crippen LogP contribution in [0.3, 0.4) is 0 Å². The molecule has 0 radical (unpaired) electrons. The van der Waals surface area contributed by atoms with Crippen molar-refractivity contribution in [2.75, 3.05) is 6.54 Å². The monoisotopic (exact) mass is 265 g/mol. The van der Waals surface area contributed by atoms with Crippen LogP contribution in [0.25, 0.3) is 0 Å². The van der Waals surface area contributed by atoms with Crippen molar-refractivity contribution in [1.29, 1.82) is 0 Å². The van der Waals surface area contributed by atoms with E-state index in [4.69, 9.17) is 6.42 Å². The number of benzene rings is 1. The molecule has 0 saturated carbocycles. The molecule has 1 N–H and O–H groups in total. The van der Waals surface area contributed by atoms with Gasteiger partial charge in [0.1, 0.15) is 5.82 Å². The van der Waals surface area contributed by atoms with Crippen LogP contribution in [-0.2, 0) is 4.79 Å². The summed E-state index contributed by atoms with van der Waals surface area (Å²) in [4.78, 5) is 11.6. The van der Waals surface area contributed by atoms with Gasteiger partial charge in [-0.15, -0.1) is 18.2 Å². The molecule has 96 valence electrons. The Labute approximate surface area is 111 Å². The van der Waals surface area contributed by atoms with E-state index in [1.807, 2.05) is 6.92 Å². The summed E-state index contributed by atoms with van der Waals surface area (Å²) in [5.74, 6) is 1.98. The van der Waals surface area contributed by atoms with Gasteiger partial charge in [-0.1, -0.05) is 24.1 Å². The quantitative estimate of drug-likeness (QED) is 0.829. The molecule has 1 aromatic carbocycles. The van der Waals surface area contributed by atoms with Gasteiger partial charge in [0.2, 0.25) is 5.91 Å². The predicted octanol–water partition coefficient (Wildman–Crippen LogP) is 2.76. The summed E-state index contributed by atoms with van der Waals surface area (Å²) >= 11 is 1.40. The summed E-state index contributed by atoms with van der Waals surface area (Å²) in [6.45, 7) is 3.89. The third-order valence-corrected chi connectivity index (χ3v) is 3.77. The lowest BCUT2D eigenvalue weighted by atomic mass is 10.1. The van der Waals surface area contributed by atoms with Gasteiger partial charge >= 0.3 is 0 Å². The van der Waals surface area contributed by atoms with Crippen molar-refractivity contribution in [1.82, 2.24) is 5.32 Å².